The summed E-state index contributed by atoms with van der Waals surface area (Å²) in [6.45, 7) is 7.31. The normalized spacial score (nSPS) is 10.5. The van der Waals surface area contributed by atoms with E-state index < -0.39 is 0 Å². The lowest BCUT2D eigenvalue weighted by Gasteiger charge is -2.10. The zero-order valence-corrected chi connectivity index (χ0v) is 9.59. The number of aromatic hydroxyl groups is 1. The van der Waals surface area contributed by atoms with Gasteiger partial charge in [0.1, 0.15) is 5.75 Å². The van der Waals surface area contributed by atoms with Crippen LogP contribution in [0.1, 0.15) is 25.0 Å². The molecule has 0 fully saturated rings. The monoisotopic (exact) mass is 207 g/mol. The third-order valence-corrected chi connectivity index (χ3v) is 2.28. The first-order valence-electron chi connectivity index (χ1n) is 5.03. The zero-order valence-electron chi connectivity index (χ0n) is 9.59. The van der Waals surface area contributed by atoms with Gasteiger partial charge in [-0.2, -0.15) is 0 Å². The molecule has 1 amide bonds. The fourth-order valence-electron chi connectivity index (χ4n) is 1.31. The number of rotatable bonds is 2. The van der Waals surface area contributed by atoms with Crippen molar-refractivity contribution in [1.82, 2.24) is 0 Å². The Balaban J connectivity index is 2.93. The van der Waals surface area contributed by atoms with E-state index in [1.165, 1.54) is 0 Å². The number of phenols is 1. The van der Waals surface area contributed by atoms with E-state index in [4.69, 9.17) is 0 Å². The third kappa shape index (κ3) is 2.72. The Morgan fingerprint density at radius 2 is 1.73 bits per heavy atom. The van der Waals surface area contributed by atoms with Gasteiger partial charge in [0.25, 0.3) is 0 Å². The third-order valence-electron chi connectivity index (χ3n) is 2.28. The lowest BCUT2D eigenvalue weighted by molar-refractivity contribution is -0.118. The van der Waals surface area contributed by atoms with Crippen molar-refractivity contribution < 1.29 is 9.90 Å². The highest BCUT2D eigenvalue weighted by Gasteiger charge is 2.09. The highest BCUT2D eigenvalue weighted by molar-refractivity contribution is 5.92. The molecule has 1 aromatic carbocycles. The maximum Gasteiger partial charge on any atom is 0.226 e. The van der Waals surface area contributed by atoms with E-state index in [2.05, 4.69) is 5.32 Å². The summed E-state index contributed by atoms with van der Waals surface area (Å²) in [7, 11) is 0. The minimum Gasteiger partial charge on any atom is -0.507 e. The van der Waals surface area contributed by atoms with Crippen LogP contribution in [-0.2, 0) is 4.79 Å². The van der Waals surface area contributed by atoms with Gasteiger partial charge in [-0.3, -0.25) is 4.79 Å². The summed E-state index contributed by atoms with van der Waals surface area (Å²) in [5.74, 6) is 0.233. The molecule has 0 heterocycles. The van der Waals surface area contributed by atoms with Gasteiger partial charge < -0.3 is 10.4 Å². The van der Waals surface area contributed by atoms with Crippen molar-refractivity contribution in [3.8, 4) is 5.75 Å². The topological polar surface area (TPSA) is 49.3 Å². The summed E-state index contributed by atoms with van der Waals surface area (Å²) < 4.78 is 0. The van der Waals surface area contributed by atoms with Gasteiger partial charge in [0.2, 0.25) is 5.91 Å². The molecule has 0 unspecified atom stereocenters. The molecule has 0 aliphatic rings. The number of hydrogen-bond donors (Lipinski definition) is 2. The zero-order chi connectivity index (χ0) is 11.6. The lowest BCUT2D eigenvalue weighted by atomic mass is 10.1. The lowest BCUT2D eigenvalue weighted by Crippen LogP contribution is -2.17. The van der Waals surface area contributed by atoms with Crippen molar-refractivity contribution in [2.75, 3.05) is 5.32 Å². The van der Waals surface area contributed by atoms with Crippen LogP contribution < -0.4 is 5.32 Å². The van der Waals surface area contributed by atoms with E-state index in [0.717, 1.165) is 16.8 Å². The average Bonchev–Trinajstić information content (AvgIpc) is 2.13. The van der Waals surface area contributed by atoms with Gasteiger partial charge in [0.05, 0.1) is 0 Å². The second-order valence-electron chi connectivity index (χ2n) is 4.10. The molecule has 2 N–H and O–H groups in total. The number of anilines is 1. The molecule has 0 aromatic heterocycles. The van der Waals surface area contributed by atoms with Crippen molar-refractivity contribution in [1.29, 1.82) is 0 Å². The summed E-state index contributed by atoms with van der Waals surface area (Å²) >= 11 is 0. The summed E-state index contributed by atoms with van der Waals surface area (Å²) in [6.07, 6.45) is 0. The molecule has 3 heteroatoms. The summed E-state index contributed by atoms with van der Waals surface area (Å²) in [5.41, 5.74) is 2.28. The Bertz CT molecular complexity index is 360. The van der Waals surface area contributed by atoms with Crippen LogP contribution in [-0.4, -0.2) is 11.0 Å². The maximum atomic E-state index is 11.4. The molecule has 0 aliphatic heterocycles. The molecule has 0 radical (unpaired) electrons. The molecule has 0 aliphatic carbocycles. The second-order valence-corrected chi connectivity index (χ2v) is 4.10. The summed E-state index contributed by atoms with van der Waals surface area (Å²) in [4.78, 5) is 11.4. The van der Waals surface area contributed by atoms with Gasteiger partial charge in [-0.25, -0.2) is 0 Å². The van der Waals surface area contributed by atoms with Crippen LogP contribution in [0.25, 0.3) is 0 Å². The van der Waals surface area contributed by atoms with E-state index >= 15 is 0 Å². The first-order chi connectivity index (χ1) is 6.91. The number of hydrogen-bond acceptors (Lipinski definition) is 2. The van der Waals surface area contributed by atoms with Crippen molar-refractivity contribution in [2.45, 2.75) is 27.7 Å². The van der Waals surface area contributed by atoms with E-state index in [1.807, 2.05) is 27.7 Å². The maximum absolute atomic E-state index is 11.4. The SMILES string of the molecule is Cc1cc(NC(=O)C(C)C)cc(C)c1O. The molecule has 1 aromatic rings. The van der Waals surface area contributed by atoms with Gasteiger partial charge >= 0.3 is 0 Å². The minimum absolute atomic E-state index is 0.0144. The molecule has 0 saturated heterocycles. The van der Waals surface area contributed by atoms with Gasteiger partial charge in [0, 0.05) is 11.6 Å². The number of carbonyl (C=O) groups excluding carboxylic acids is 1. The van der Waals surface area contributed by atoms with Gasteiger partial charge in [-0.1, -0.05) is 13.8 Å². The first kappa shape index (κ1) is 11.6. The molecule has 0 saturated carbocycles. The van der Waals surface area contributed by atoms with Crippen molar-refractivity contribution >= 4 is 11.6 Å². The number of amides is 1. The molecular formula is C12H17NO2. The quantitative estimate of drug-likeness (QED) is 0.732. The van der Waals surface area contributed by atoms with Crippen LogP contribution >= 0.6 is 0 Å². The Hall–Kier alpha value is -1.51. The fraction of sp³-hybridized carbons (Fsp3) is 0.417. The van der Waals surface area contributed by atoms with Gasteiger partial charge in [-0.05, 0) is 37.1 Å². The Morgan fingerprint density at radius 3 is 2.13 bits per heavy atom. The molecule has 0 spiro atoms. The van der Waals surface area contributed by atoms with Crippen molar-refractivity contribution in [2.24, 2.45) is 5.92 Å². The van der Waals surface area contributed by atoms with Crippen LogP contribution in [0.4, 0.5) is 5.69 Å². The van der Waals surface area contributed by atoms with Crippen LogP contribution in [0.5, 0.6) is 5.75 Å². The number of benzene rings is 1. The minimum atomic E-state index is -0.0422. The summed E-state index contributed by atoms with van der Waals surface area (Å²) in [5, 5.41) is 12.4. The molecule has 0 bridgehead atoms. The fourth-order valence-corrected chi connectivity index (χ4v) is 1.31. The molecular weight excluding hydrogens is 190 g/mol. The van der Waals surface area contributed by atoms with Crippen LogP contribution in [0.3, 0.4) is 0 Å². The Kier molecular flexibility index (Phi) is 3.35. The van der Waals surface area contributed by atoms with E-state index in [0.29, 0.717) is 0 Å². The van der Waals surface area contributed by atoms with Crippen molar-refractivity contribution in [3.05, 3.63) is 23.3 Å². The second kappa shape index (κ2) is 4.34. The molecule has 82 valence electrons. The largest absolute Gasteiger partial charge is 0.507 e. The highest BCUT2D eigenvalue weighted by Crippen LogP contribution is 2.25. The highest BCUT2D eigenvalue weighted by atomic mass is 16.3. The van der Waals surface area contributed by atoms with Crippen LogP contribution in [0, 0.1) is 19.8 Å². The van der Waals surface area contributed by atoms with Gasteiger partial charge in [0.15, 0.2) is 0 Å². The van der Waals surface area contributed by atoms with E-state index in [1.54, 1.807) is 12.1 Å². The first-order valence-corrected chi connectivity index (χ1v) is 5.03. The van der Waals surface area contributed by atoms with Gasteiger partial charge in [-0.15, -0.1) is 0 Å². The standard InChI is InChI=1S/C12H17NO2/c1-7(2)12(15)13-10-5-8(3)11(14)9(4)6-10/h5-7,14H,1-4H3,(H,13,15). The molecule has 15 heavy (non-hydrogen) atoms. The smallest absolute Gasteiger partial charge is 0.226 e. The number of carbonyl (C=O) groups is 1. The molecule has 1 rings (SSSR count). The molecule has 3 nitrogen and oxygen atoms in total. The van der Waals surface area contributed by atoms with Crippen molar-refractivity contribution in [3.63, 3.8) is 0 Å². The molecule has 0 atom stereocenters. The van der Waals surface area contributed by atoms with E-state index in [9.17, 15) is 9.90 Å². The number of nitrogens with one attached hydrogen (secondary N) is 1. The van der Waals surface area contributed by atoms with Crippen LogP contribution in [0.15, 0.2) is 12.1 Å². The van der Waals surface area contributed by atoms with Crippen LogP contribution in [0.2, 0.25) is 0 Å². The summed E-state index contributed by atoms with van der Waals surface area (Å²) in [6, 6.07) is 3.53. The predicted molar refractivity (Wildman–Crippen MR) is 61.0 cm³/mol. The Labute approximate surface area is 90.1 Å². The predicted octanol–water partition coefficient (Wildman–Crippen LogP) is 2.60. The number of aryl methyl sites for hydroxylation is 2. The van der Waals surface area contributed by atoms with E-state index in [-0.39, 0.29) is 17.6 Å². The Morgan fingerprint density at radius 1 is 1.27 bits per heavy atom. The number of phenolic OH excluding ortho intramolecular Hbond substituents is 1. The average molecular weight is 207 g/mol.